The van der Waals surface area contributed by atoms with Gasteiger partial charge in [-0.25, -0.2) is 9.59 Å². The molecule has 35 heavy (non-hydrogen) atoms. The fraction of sp³-hybridized carbons (Fsp3) is 0.259. The van der Waals surface area contributed by atoms with Gasteiger partial charge in [0.15, 0.2) is 12.4 Å². The van der Waals surface area contributed by atoms with Crippen molar-refractivity contribution in [3.8, 4) is 0 Å². The predicted octanol–water partition coefficient (Wildman–Crippen LogP) is 2.73. The van der Waals surface area contributed by atoms with Crippen LogP contribution in [-0.4, -0.2) is 59.5 Å². The minimum absolute atomic E-state index is 0.123. The van der Waals surface area contributed by atoms with Crippen LogP contribution in [0.25, 0.3) is 0 Å². The number of rotatable bonds is 9. The Balaban J connectivity index is 1.52. The number of carbonyl (C=O) groups excluding carboxylic acids is 2. The minimum Gasteiger partial charge on any atom is -0.458 e. The molecule has 182 valence electrons. The average molecular weight is 478 g/mol. The maximum absolute atomic E-state index is 12.8. The molecule has 0 saturated carbocycles. The van der Waals surface area contributed by atoms with Crippen molar-refractivity contribution in [3.63, 3.8) is 0 Å². The van der Waals surface area contributed by atoms with Crippen LogP contribution in [-0.2, 0) is 25.6 Å². The largest absolute Gasteiger partial charge is 0.458 e. The maximum atomic E-state index is 12.8. The molecule has 1 heterocycles. The van der Waals surface area contributed by atoms with E-state index in [1.54, 1.807) is 60.7 Å². The molecule has 0 unspecified atom stereocenters. The molecule has 5 atom stereocenters. The summed E-state index contributed by atoms with van der Waals surface area (Å²) < 4.78 is 22.4. The highest BCUT2D eigenvalue weighted by atomic mass is 16.7. The molecule has 0 bridgehead atoms. The van der Waals surface area contributed by atoms with Crippen molar-refractivity contribution in [1.82, 2.24) is 0 Å². The van der Waals surface area contributed by atoms with Crippen LogP contribution in [0.3, 0.4) is 0 Å². The van der Waals surface area contributed by atoms with E-state index in [4.69, 9.17) is 18.9 Å². The number of aliphatic hydroxyl groups is 2. The van der Waals surface area contributed by atoms with Crippen LogP contribution < -0.4 is 0 Å². The van der Waals surface area contributed by atoms with Gasteiger partial charge in [-0.1, -0.05) is 66.7 Å². The monoisotopic (exact) mass is 478 g/mol. The van der Waals surface area contributed by atoms with Gasteiger partial charge < -0.3 is 29.2 Å². The number of benzene rings is 3. The van der Waals surface area contributed by atoms with E-state index in [0.29, 0.717) is 5.56 Å². The van der Waals surface area contributed by atoms with Crippen LogP contribution in [0, 0.1) is 0 Å². The molecule has 3 aromatic carbocycles. The molecule has 0 aliphatic carbocycles. The summed E-state index contributed by atoms with van der Waals surface area (Å²) in [5.74, 6) is -1.29. The van der Waals surface area contributed by atoms with E-state index in [1.165, 1.54) is 0 Å². The van der Waals surface area contributed by atoms with Gasteiger partial charge >= 0.3 is 11.9 Å². The zero-order valence-corrected chi connectivity index (χ0v) is 18.8. The third-order valence-electron chi connectivity index (χ3n) is 5.56. The Morgan fingerprint density at radius 2 is 1.34 bits per heavy atom. The molecule has 0 aromatic heterocycles. The molecule has 8 heteroatoms. The highest BCUT2D eigenvalue weighted by Crippen LogP contribution is 2.28. The van der Waals surface area contributed by atoms with Crippen LogP contribution in [0.4, 0.5) is 0 Å². The van der Waals surface area contributed by atoms with E-state index < -0.39 is 42.6 Å². The quantitative estimate of drug-likeness (QED) is 0.452. The highest BCUT2D eigenvalue weighted by Gasteiger charge is 2.49. The van der Waals surface area contributed by atoms with Gasteiger partial charge in [0.1, 0.15) is 24.9 Å². The Labute approximate surface area is 202 Å². The van der Waals surface area contributed by atoms with E-state index in [1.807, 2.05) is 30.3 Å². The van der Waals surface area contributed by atoms with Crippen molar-refractivity contribution < 1.29 is 38.7 Å². The first-order valence-electron chi connectivity index (χ1n) is 11.2. The van der Waals surface area contributed by atoms with Crippen molar-refractivity contribution in [2.45, 2.75) is 37.3 Å². The van der Waals surface area contributed by atoms with Gasteiger partial charge in [0.25, 0.3) is 0 Å². The van der Waals surface area contributed by atoms with Crippen LogP contribution in [0.15, 0.2) is 91.0 Å². The first-order chi connectivity index (χ1) is 17.0. The molecule has 2 N–H and O–H groups in total. The Morgan fingerprint density at radius 1 is 0.800 bits per heavy atom. The summed E-state index contributed by atoms with van der Waals surface area (Å²) in [6.45, 7) is -0.250. The van der Waals surface area contributed by atoms with Gasteiger partial charge in [0, 0.05) is 0 Å². The normalized spacial score (nSPS) is 22.3. The lowest BCUT2D eigenvalue weighted by Crippen LogP contribution is -2.45. The van der Waals surface area contributed by atoms with Gasteiger partial charge in [-0.15, -0.1) is 0 Å². The lowest BCUT2D eigenvalue weighted by atomic mass is 10.1. The lowest BCUT2D eigenvalue weighted by molar-refractivity contribution is -0.153. The number of aliphatic hydroxyl groups excluding tert-OH is 2. The van der Waals surface area contributed by atoms with E-state index in [9.17, 15) is 19.8 Å². The van der Waals surface area contributed by atoms with Crippen molar-refractivity contribution in [3.05, 3.63) is 108 Å². The summed E-state index contributed by atoms with van der Waals surface area (Å²) >= 11 is 0. The van der Waals surface area contributed by atoms with E-state index >= 15 is 0 Å². The van der Waals surface area contributed by atoms with Gasteiger partial charge in [-0.05, 0) is 29.8 Å². The standard InChI is InChI=1S/C27H26O8/c28-22-24(32-16-18-10-4-1-5-11-18)23(35-27(22)31)21(34-26(30)20-14-8-3-9-15-20)17-33-25(29)19-12-6-2-7-13-19/h1-15,21-24,27-28,31H,16-17H2/t21-,22+,23-,24-,27+/m1/s1. The van der Waals surface area contributed by atoms with Crippen molar-refractivity contribution in [1.29, 1.82) is 0 Å². The van der Waals surface area contributed by atoms with Gasteiger partial charge in [0.2, 0.25) is 0 Å². The van der Waals surface area contributed by atoms with E-state index in [-0.39, 0.29) is 18.8 Å². The Morgan fingerprint density at radius 3 is 1.94 bits per heavy atom. The molecule has 1 fully saturated rings. The maximum Gasteiger partial charge on any atom is 0.338 e. The number of carbonyl (C=O) groups is 2. The average Bonchev–Trinajstić information content (AvgIpc) is 3.19. The second-order valence-corrected chi connectivity index (χ2v) is 8.02. The molecular formula is C27H26O8. The van der Waals surface area contributed by atoms with Crippen molar-refractivity contribution in [2.24, 2.45) is 0 Å². The Bertz CT molecular complexity index is 1090. The Hall–Kier alpha value is -3.56. The van der Waals surface area contributed by atoms with Crippen LogP contribution in [0.5, 0.6) is 0 Å². The molecule has 1 saturated heterocycles. The van der Waals surface area contributed by atoms with E-state index in [0.717, 1.165) is 5.56 Å². The second-order valence-electron chi connectivity index (χ2n) is 8.02. The molecule has 1 aliphatic rings. The lowest BCUT2D eigenvalue weighted by Gasteiger charge is -2.28. The van der Waals surface area contributed by atoms with Gasteiger partial charge in [0.05, 0.1) is 17.7 Å². The minimum atomic E-state index is -1.57. The molecule has 1 aliphatic heterocycles. The zero-order valence-electron chi connectivity index (χ0n) is 18.8. The number of ether oxygens (including phenoxy) is 4. The topological polar surface area (TPSA) is 112 Å². The number of hydrogen-bond donors (Lipinski definition) is 2. The summed E-state index contributed by atoms with van der Waals surface area (Å²) in [5, 5.41) is 20.7. The highest BCUT2D eigenvalue weighted by molar-refractivity contribution is 5.90. The van der Waals surface area contributed by atoms with Crippen molar-refractivity contribution >= 4 is 11.9 Å². The fourth-order valence-corrected chi connectivity index (χ4v) is 3.73. The van der Waals surface area contributed by atoms with Crippen molar-refractivity contribution in [2.75, 3.05) is 6.61 Å². The summed E-state index contributed by atoms with van der Waals surface area (Å²) in [5.41, 5.74) is 1.45. The summed E-state index contributed by atoms with van der Waals surface area (Å²) in [6.07, 6.45) is -6.27. The molecule has 0 radical (unpaired) electrons. The summed E-state index contributed by atoms with van der Waals surface area (Å²) in [7, 11) is 0. The summed E-state index contributed by atoms with van der Waals surface area (Å²) in [6, 6.07) is 25.9. The molecule has 8 nitrogen and oxygen atoms in total. The van der Waals surface area contributed by atoms with Gasteiger partial charge in [-0.3, -0.25) is 0 Å². The summed E-state index contributed by atoms with van der Waals surface area (Å²) in [4.78, 5) is 25.3. The number of hydrogen-bond acceptors (Lipinski definition) is 8. The molecular weight excluding hydrogens is 452 g/mol. The second kappa shape index (κ2) is 11.7. The SMILES string of the molecule is O=C(OC[C@@H](OC(=O)c1ccccc1)[C@H]1O[C@H](O)[C@@H](O)[C@H]1OCc1ccccc1)c1ccccc1. The first kappa shape index (κ1) is 24.6. The van der Waals surface area contributed by atoms with Crippen LogP contribution in [0.1, 0.15) is 26.3 Å². The molecule has 0 spiro atoms. The first-order valence-corrected chi connectivity index (χ1v) is 11.2. The zero-order chi connectivity index (χ0) is 24.6. The molecule has 0 amide bonds. The molecule has 4 rings (SSSR count). The van der Waals surface area contributed by atoms with E-state index in [2.05, 4.69) is 0 Å². The Kier molecular flexibility index (Phi) is 8.23. The van der Waals surface area contributed by atoms with Gasteiger partial charge in [-0.2, -0.15) is 0 Å². The third kappa shape index (κ3) is 6.32. The fourth-order valence-electron chi connectivity index (χ4n) is 3.73. The van der Waals surface area contributed by atoms with Crippen LogP contribution >= 0.6 is 0 Å². The van der Waals surface area contributed by atoms with Crippen LogP contribution in [0.2, 0.25) is 0 Å². The smallest absolute Gasteiger partial charge is 0.338 e. The third-order valence-corrected chi connectivity index (χ3v) is 5.56. The molecule has 3 aromatic rings. The number of esters is 2. The predicted molar refractivity (Wildman–Crippen MR) is 124 cm³/mol.